The third kappa shape index (κ3) is 4.13. The summed E-state index contributed by atoms with van der Waals surface area (Å²) in [5.41, 5.74) is 3.58. The van der Waals surface area contributed by atoms with E-state index in [0.717, 1.165) is 15.4 Å². The van der Waals surface area contributed by atoms with Gasteiger partial charge in [0, 0.05) is 15.2 Å². The van der Waals surface area contributed by atoms with Crippen molar-refractivity contribution in [3.63, 3.8) is 0 Å². The van der Waals surface area contributed by atoms with Gasteiger partial charge in [0.2, 0.25) is 0 Å². The molecule has 0 bridgehead atoms. The number of nitrogens with zero attached hydrogens (tertiary/aromatic N) is 2. The normalized spacial score (nSPS) is 11.8. The molecule has 0 saturated carbocycles. The lowest BCUT2D eigenvalue weighted by Crippen LogP contribution is -2.02. The van der Waals surface area contributed by atoms with Gasteiger partial charge in [-0.25, -0.2) is 9.78 Å². The molecule has 4 aromatic rings. The second-order valence-corrected chi connectivity index (χ2v) is 8.93. The molecule has 0 aliphatic heterocycles. The minimum Gasteiger partial charge on any atom is -0.422 e. The summed E-state index contributed by atoms with van der Waals surface area (Å²) >= 11 is 4.76. The zero-order valence-electron chi connectivity index (χ0n) is 16.3. The lowest BCUT2D eigenvalue weighted by Gasteiger charge is -2.04. The van der Waals surface area contributed by atoms with E-state index in [4.69, 9.17) is 4.42 Å². The van der Waals surface area contributed by atoms with Gasteiger partial charge >= 0.3 is 5.63 Å². The van der Waals surface area contributed by atoms with Crippen LogP contribution in [-0.4, -0.2) is 4.98 Å². The summed E-state index contributed by atoms with van der Waals surface area (Å²) in [6.45, 7) is 4.29. The number of hydrogen-bond acceptors (Lipinski definition) is 5. The molecule has 2 aromatic heterocycles. The van der Waals surface area contributed by atoms with Crippen molar-refractivity contribution >= 4 is 49.9 Å². The number of aromatic nitrogens is 1. The van der Waals surface area contributed by atoms with Crippen molar-refractivity contribution in [3.05, 3.63) is 84.9 Å². The Morgan fingerprint density at radius 2 is 1.97 bits per heavy atom. The van der Waals surface area contributed by atoms with Crippen molar-refractivity contribution in [2.75, 3.05) is 0 Å². The summed E-state index contributed by atoms with van der Waals surface area (Å²) in [5.74, 6) is 0.453. The standard InChI is InChI=1S/C24H17BrN2O2S/c1-14(2)16-5-3-15(4-6-16)9-18(12-26)23-27-21(13-30-23)20-11-17-10-19(25)7-8-22(17)29-24(20)28/h3-11,13-14H,1-2H3. The molecule has 0 radical (unpaired) electrons. The fraction of sp³-hybridized carbons (Fsp3) is 0.125. The second kappa shape index (κ2) is 8.39. The van der Waals surface area contributed by atoms with Gasteiger partial charge < -0.3 is 4.42 Å². The summed E-state index contributed by atoms with van der Waals surface area (Å²) in [7, 11) is 0. The van der Waals surface area contributed by atoms with E-state index in [1.54, 1.807) is 17.5 Å². The maximum absolute atomic E-state index is 12.5. The first kappa shape index (κ1) is 20.3. The summed E-state index contributed by atoms with van der Waals surface area (Å²) in [4.78, 5) is 17.0. The molecule has 0 aliphatic carbocycles. The van der Waals surface area contributed by atoms with Gasteiger partial charge in [0.1, 0.15) is 16.7 Å². The first-order valence-electron chi connectivity index (χ1n) is 9.36. The van der Waals surface area contributed by atoms with Crippen molar-refractivity contribution in [2.24, 2.45) is 0 Å². The Hall–Kier alpha value is -3.01. The number of nitriles is 1. The smallest absolute Gasteiger partial charge is 0.345 e. The molecule has 0 atom stereocenters. The van der Waals surface area contributed by atoms with Crippen molar-refractivity contribution in [2.45, 2.75) is 19.8 Å². The van der Waals surface area contributed by atoms with Crippen LogP contribution in [0.4, 0.5) is 0 Å². The predicted octanol–water partition coefficient (Wildman–Crippen LogP) is 6.87. The van der Waals surface area contributed by atoms with Crippen LogP contribution in [0.25, 0.3) is 33.9 Å². The molecule has 4 rings (SSSR count). The first-order valence-corrected chi connectivity index (χ1v) is 11.0. The van der Waals surface area contributed by atoms with E-state index in [9.17, 15) is 10.1 Å². The highest BCUT2D eigenvalue weighted by molar-refractivity contribution is 9.10. The van der Waals surface area contributed by atoms with E-state index in [0.29, 0.717) is 33.3 Å². The number of hydrogen-bond donors (Lipinski definition) is 0. The van der Waals surface area contributed by atoms with Gasteiger partial charge in [-0.3, -0.25) is 0 Å². The van der Waals surface area contributed by atoms with Gasteiger partial charge in [-0.15, -0.1) is 11.3 Å². The van der Waals surface area contributed by atoms with Crippen LogP contribution in [0.5, 0.6) is 0 Å². The minimum absolute atomic E-state index is 0.377. The third-order valence-corrected chi connectivity index (χ3v) is 6.11. The monoisotopic (exact) mass is 476 g/mol. The second-order valence-electron chi connectivity index (χ2n) is 7.16. The van der Waals surface area contributed by atoms with Gasteiger partial charge in [-0.1, -0.05) is 54.0 Å². The van der Waals surface area contributed by atoms with Gasteiger partial charge in [-0.2, -0.15) is 5.26 Å². The Morgan fingerprint density at radius 1 is 1.20 bits per heavy atom. The molecular weight excluding hydrogens is 460 g/mol. The Bertz CT molecular complexity index is 1360. The third-order valence-electron chi connectivity index (χ3n) is 4.74. The van der Waals surface area contributed by atoms with Crippen LogP contribution < -0.4 is 5.63 Å². The average Bonchev–Trinajstić information content (AvgIpc) is 3.22. The number of allylic oxidation sites excluding steroid dienone is 1. The SMILES string of the molecule is CC(C)c1ccc(C=C(C#N)c2nc(-c3cc4cc(Br)ccc4oc3=O)cs2)cc1. The molecule has 0 amide bonds. The maximum Gasteiger partial charge on any atom is 0.345 e. The molecule has 6 heteroatoms. The summed E-state index contributed by atoms with van der Waals surface area (Å²) in [5, 5.41) is 12.8. The van der Waals surface area contributed by atoms with Crippen molar-refractivity contribution < 1.29 is 4.42 Å². The van der Waals surface area contributed by atoms with Crippen LogP contribution in [0.3, 0.4) is 0 Å². The molecule has 2 aromatic carbocycles. The van der Waals surface area contributed by atoms with E-state index in [1.165, 1.54) is 16.9 Å². The van der Waals surface area contributed by atoms with Gasteiger partial charge in [0.15, 0.2) is 0 Å². The summed E-state index contributed by atoms with van der Waals surface area (Å²) in [6.07, 6.45) is 1.81. The molecule has 0 saturated heterocycles. The Labute approximate surface area is 186 Å². The molecule has 2 heterocycles. The van der Waals surface area contributed by atoms with Gasteiger partial charge in [-0.05, 0) is 47.4 Å². The maximum atomic E-state index is 12.5. The molecular formula is C24H17BrN2O2S. The highest BCUT2D eigenvalue weighted by Crippen LogP contribution is 2.28. The lowest BCUT2D eigenvalue weighted by molar-refractivity contribution is 0.563. The van der Waals surface area contributed by atoms with Crippen LogP contribution in [0, 0.1) is 11.3 Å². The van der Waals surface area contributed by atoms with Gasteiger partial charge in [0.25, 0.3) is 0 Å². The zero-order valence-corrected chi connectivity index (χ0v) is 18.8. The Balaban J connectivity index is 1.70. The first-order chi connectivity index (χ1) is 14.4. The highest BCUT2D eigenvalue weighted by atomic mass is 79.9. The van der Waals surface area contributed by atoms with Crippen molar-refractivity contribution in [1.82, 2.24) is 4.98 Å². The molecule has 0 unspecified atom stereocenters. The van der Waals surface area contributed by atoms with Crippen molar-refractivity contribution in [1.29, 1.82) is 5.26 Å². The number of benzene rings is 2. The molecule has 0 N–H and O–H groups in total. The van der Waals surface area contributed by atoms with Crippen LogP contribution >= 0.6 is 27.3 Å². The molecule has 4 nitrogen and oxygen atoms in total. The molecule has 0 fully saturated rings. The molecule has 0 aliphatic rings. The predicted molar refractivity (Wildman–Crippen MR) is 125 cm³/mol. The van der Waals surface area contributed by atoms with E-state index < -0.39 is 5.63 Å². The lowest BCUT2D eigenvalue weighted by atomic mass is 10.0. The average molecular weight is 477 g/mol. The highest BCUT2D eigenvalue weighted by Gasteiger charge is 2.14. The van der Waals surface area contributed by atoms with E-state index in [2.05, 4.69) is 53.0 Å². The largest absolute Gasteiger partial charge is 0.422 e. The van der Waals surface area contributed by atoms with E-state index in [-0.39, 0.29) is 0 Å². The zero-order chi connectivity index (χ0) is 21.3. The van der Waals surface area contributed by atoms with Crippen LogP contribution in [-0.2, 0) is 0 Å². The summed E-state index contributed by atoms with van der Waals surface area (Å²) in [6, 6.07) is 17.6. The van der Waals surface area contributed by atoms with Gasteiger partial charge in [0.05, 0.1) is 16.8 Å². The Morgan fingerprint density at radius 3 is 2.67 bits per heavy atom. The number of rotatable bonds is 4. The van der Waals surface area contributed by atoms with Crippen LogP contribution in [0.15, 0.2) is 67.6 Å². The Kier molecular flexibility index (Phi) is 5.67. The molecule has 148 valence electrons. The van der Waals surface area contributed by atoms with Crippen molar-refractivity contribution in [3.8, 4) is 17.3 Å². The molecule has 0 spiro atoms. The fourth-order valence-corrected chi connectivity index (χ4v) is 4.24. The topological polar surface area (TPSA) is 66.9 Å². The minimum atomic E-state index is -0.451. The fourth-order valence-electron chi connectivity index (χ4n) is 3.08. The molecule has 30 heavy (non-hydrogen) atoms. The number of fused-ring (bicyclic) bond motifs is 1. The summed E-state index contributed by atoms with van der Waals surface area (Å²) < 4.78 is 6.33. The van der Waals surface area contributed by atoms with Crippen LogP contribution in [0.1, 0.15) is 35.9 Å². The van der Waals surface area contributed by atoms with Crippen LogP contribution in [0.2, 0.25) is 0 Å². The van der Waals surface area contributed by atoms with E-state index in [1.807, 2.05) is 30.3 Å². The van der Waals surface area contributed by atoms with E-state index >= 15 is 0 Å². The number of thiazole rings is 1. The number of halogens is 1. The quantitative estimate of drug-likeness (QED) is 0.238.